The van der Waals surface area contributed by atoms with E-state index in [1.165, 1.54) is 13.3 Å². The van der Waals surface area contributed by atoms with E-state index < -0.39 is 0 Å². The quantitative estimate of drug-likeness (QED) is 0.370. The van der Waals surface area contributed by atoms with E-state index in [4.69, 9.17) is 10.00 Å². The van der Waals surface area contributed by atoms with E-state index in [2.05, 4.69) is 33.1 Å². The number of nitrogens with one attached hydrogen (secondary N) is 1. The molecule has 1 aromatic rings. The predicted octanol–water partition coefficient (Wildman–Crippen LogP) is 1.84. The molecular formula is C11H12IN3O2. The van der Waals surface area contributed by atoms with Crippen LogP contribution in [-0.2, 0) is 0 Å². The molecule has 17 heavy (non-hydrogen) atoms. The number of phenolic OH excluding ortho intramolecular Hbond substituents is 1. The van der Waals surface area contributed by atoms with Gasteiger partial charge in [-0.15, -0.1) is 0 Å². The van der Waals surface area contributed by atoms with Gasteiger partial charge in [-0.05, 0) is 34.7 Å². The largest absolute Gasteiger partial charge is 0.504 e. The fraction of sp³-hybridized carbons (Fsp3) is 0.273. The van der Waals surface area contributed by atoms with E-state index in [9.17, 15) is 5.11 Å². The molecule has 1 aromatic carbocycles. The average molecular weight is 345 g/mol. The van der Waals surface area contributed by atoms with Crippen LogP contribution >= 0.6 is 22.6 Å². The summed E-state index contributed by atoms with van der Waals surface area (Å²) < 4.78 is 5.97. The summed E-state index contributed by atoms with van der Waals surface area (Å²) in [5.41, 5.74) is 3.28. The van der Waals surface area contributed by atoms with Gasteiger partial charge in [-0.25, -0.2) is 0 Å². The molecule has 0 bridgehead atoms. The molecule has 0 spiro atoms. The molecule has 1 rings (SSSR count). The van der Waals surface area contributed by atoms with Gasteiger partial charge in [0.25, 0.3) is 0 Å². The van der Waals surface area contributed by atoms with Crippen LogP contribution in [0, 0.1) is 14.9 Å². The van der Waals surface area contributed by atoms with Gasteiger partial charge < -0.3 is 15.3 Å². The van der Waals surface area contributed by atoms with Gasteiger partial charge in [0.15, 0.2) is 11.5 Å². The lowest BCUT2D eigenvalue weighted by Crippen LogP contribution is -2.06. The van der Waals surface area contributed by atoms with Crippen LogP contribution in [0.25, 0.3) is 0 Å². The second-order valence-corrected chi connectivity index (χ2v) is 4.37. The van der Waals surface area contributed by atoms with Crippen LogP contribution in [0.4, 0.5) is 0 Å². The number of phenols is 1. The van der Waals surface area contributed by atoms with E-state index in [1.54, 1.807) is 12.1 Å². The van der Waals surface area contributed by atoms with Crippen molar-refractivity contribution in [2.75, 3.05) is 13.7 Å². The van der Waals surface area contributed by atoms with Gasteiger partial charge in [-0.2, -0.15) is 10.4 Å². The monoisotopic (exact) mass is 345 g/mol. The molecule has 0 aliphatic rings. The van der Waals surface area contributed by atoms with Crippen molar-refractivity contribution in [2.24, 2.45) is 5.10 Å². The van der Waals surface area contributed by atoms with Crippen LogP contribution in [0.3, 0.4) is 0 Å². The second kappa shape index (κ2) is 6.96. The minimum Gasteiger partial charge on any atom is -0.504 e. The molecule has 0 atom stereocenters. The van der Waals surface area contributed by atoms with Crippen LogP contribution in [0.2, 0.25) is 0 Å². The topological polar surface area (TPSA) is 77.6 Å². The molecule has 0 unspecified atom stereocenters. The third-order valence-electron chi connectivity index (χ3n) is 1.93. The molecule has 0 heterocycles. The Morgan fingerprint density at radius 1 is 1.65 bits per heavy atom. The minimum absolute atomic E-state index is 0.0544. The van der Waals surface area contributed by atoms with Crippen molar-refractivity contribution in [3.8, 4) is 17.6 Å². The third kappa shape index (κ3) is 4.11. The third-order valence-corrected chi connectivity index (χ3v) is 2.56. The Bertz CT molecular complexity index is 455. The van der Waals surface area contributed by atoms with Crippen LogP contribution in [0.15, 0.2) is 17.2 Å². The number of benzene rings is 1. The highest BCUT2D eigenvalue weighted by Crippen LogP contribution is 2.30. The summed E-state index contributed by atoms with van der Waals surface area (Å²) >= 11 is 2.13. The van der Waals surface area contributed by atoms with E-state index >= 15 is 0 Å². The van der Waals surface area contributed by atoms with Gasteiger partial charge >= 0.3 is 0 Å². The number of hydrazone groups is 1. The number of nitriles is 1. The van der Waals surface area contributed by atoms with Gasteiger partial charge in [0.05, 0.1) is 25.8 Å². The zero-order chi connectivity index (χ0) is 12.7. The van der Waals surface area contributed by atoms with Crippen molar-refractivity contribution >= 4 is 28.8 Å². The summed E-state index contributed by atoms with van der Waals surface area (Å²) in [6.07, 6.45) is 1.89. The first-order valence-electron chi connectivity index (χ1n) is 4.88. The van der Waals surface area contributed by atoms with Gasteiger partial charge in [-0.3, -0.25) is 0 Å². The summed E-state index contributed by atoms with van der Waals surface area (Å²) in [7, 11) is 1.50. The number of aromatic hydroxyl groups is 1. The highest BCUT2D eigenvalue weighted by molar-refractivity contribution is 14.1. The van der Waals surface area contributed by atoms with Crippen LogP contribution in [0.5, 0.6) is 11.5 Å². The first kappa shape index (κ1) is 13.6. The van der Waals surface area contributed by atoms with E-state index in [0.717, 1.165) is 3.57 Å². The van der Waals surface area contributed by atoms with Gasteiger partial charge in [-0.1, -0.05) is 0 Å². The summed E-state index contributed by atoms with van der Waals surface area (Å²) in [6.45, 7) is 0.481. The lowest BCUT2D eigenvalue weighted by atomic mass is 10.2. The average Bonchev–Trinajstić information content (AvgIpc) is 2.32. The smallest absolute Gasteiger partial charge is 0.166 e. The molecule has 0 aliphatic carbocycles. The lowest BCUT2D eigenvalue weighted by molar-refractivity contribution is 0.373. The van der Waals surface area contributed by atoms with Gasteiger partial charge in [0, 0.05) is 15.7 Å². The van der Waals surface area contributed by atoms with Crippen molar-refractivity contribution in [3.05, 3.63) is 21.3 Å². The number of hydrogen-bond acceptors (Lipinski definition) is 5. The van der Waals surface area contributed by atoms with Crippen molar-refractivity contribution in [2.45, 2.75) is 6.42 Å². The number of rotatable bonds is 5. The molecule has 0 aliphatic heterocycles. The first-order valence-corrected chi connectivity index (χ1v) is 5.96. The van der Waals surface area contributed by atoms with Crippen LogP contribution < -0.4 is 10.2 Å². The van der Waals surface area contributed by atoms with E-state index in [0.29, 0.717) is 24.3 Å². The fourth-order valence-electron chi connectivity index (χ4n) is 1.14. The maximum absolute atomic E-state index is 9.82. The Balaban J connectivity index is 2.77. The molecule has 0 aromatic heterocycles. The number of ether oxygens (including phenoxy) is 1. The Hall–Kier alpha value is -1.49. The molecule has 90 valence electrons. The first-order chi connectivity index (χ1) is 8.19. The summed E-state index contributed by atoms with van der Waals surface area (Å²) in [5.74, 6) is 0.467. The molecule has 0 saturated carbocycles. The van der Waals surface area contributed by atoms with Crippen molar-refractivity contribution < 1.29 is 9.84 Å². The predicted molar refractivity (Wildman–Crippen MR) is 73.2 cm³/mol. The molecular weight excluding hydrogens is 333 g/mol. The number of methoxy groups -OCH3 is 1. The van der Waals surface area contributed by atoms with Crippen LogP contribution in [0.1, 0.15) is 12.0 Å². The second-order valence-electron chi connectivity index (χ2n) is 3.12. The highest BCUT2D eigenvalue weighted by Gasteiger charge is 2.07. The fourth-order valence-corrected chi connectivity index (χ4v) is 1.76. The maximum atomic E-state index is 9.82. The van der Waals surface area contributed by atoms with Crippen LogP contribution in [-0.4, -0.2) is 25.0 Å². The van der Waals surface area contributed by atoms with Gasteiger partial charge in [0.1, 0.15) is 0 Å². The lowest BCUT2D eigenvalue weighted by Gasteiger charge is -2.06. The number of nitrogens with zero attached hydrogens (tertiary/aromatic N) is 2. The van der Waals surface area contributed by atoms with Crippen molar-refractivity contribution in [1.82, 2.24) is 5.43 Å². The standard InChI is InChI=1S/C11H12IN3O2/c1-17-10-6-9(12)5-8(11(10)16)7-15-14-4-2-3-13/h5-7,14,16H,2,4H2,1H3/b15-7+. The Labute approximate surface area is 113 Å². The van der Waals surface area contributed by atoms with E-state index in [-0.39, 0.29) is 5.75 Å². The van der Waals surface area contributed by atoms with Crippen molar-refractivity contribution in [1.29, 1.82) is 5.26 Å². The molecule has 0 saturated heterocycles. The molecule has 0 radical (unpaired) electrons. The zero-order valence-electron chi connectivity index (χ0n) is 9.27. The van der Waals surface area contributed by atoms with E-state index in [1.807, 2.05) is 6.07 Å². The Kier molecular flexibility index (Phi) is 5.56. The Morgan fingerprint density at radius 3 is 3.06 bits per heavy atom. The summed E-state index contributed by atoms with van der Waals surface area (Å²) in [6, 6.07) is 5.52. The molecule has 0 amide bonds. The van der Waals surface area contributed by atoms with Gasteiger partial charge in [0.2, 0.25) is 0 Å². The highest BCUT2D eigenvalue weighted by atomic mass is 127. The SMILES string of the molecule is COc1cc(I)cc(/C=N/NCCC#N)c1O. The maximum Gasteiger partial charge on any atom is 0.166 e. The number of hydrogen-bond donors (Lipinski definition) is 2. The normalized spacial score (nSPS) is 10.2. The molecule has 6 heteroatoms. The summed E-state index contributed by atoms with van der Waals surface area (Å²) in [4.78, 5) is 0. The zero-order valence-corrected chi connectivity index (χ0v) is 11.4. The van der Waals surface area contributed by atoms with Crippen molar-refractivity contribution in [3.63, 3.8) is 0 Å². The molecule has 0 fully saturated rings. The minimum atomic E-state index is 0.0544. The molecule has 2 N–H and O–H groups in total. The molecule has 5 nitrogen and oxygen atoms in total. The Morgan fingerprint density at radius 2 is 2.41 bits per heavy atom. The number of halogens is 1. The summed E-state index contributed by atoms with van der Waals surface area (Å²) in [5, 5.41) is 22.1.